The number of pyridine rings is 1. The molecule has 0 spiro atoms. The molecular weight excluding hydrogens is 174 g/mol. The second-order valence-electron chi connectivity index (χ2n) is 3.80. The highest BCUT2D eigenvalue weighted by Gasteiger charge is 2.02. The molecule has 0 aliphatic rings. The van der Waals surface area contributed by atoms with Gasteiger partial charge in [-0.3, -0.25) is 4.98 Å². The first-order chi connectivity index (χ1) is 6.70. The van der Waals surface area contributed by atoms with E-state index in [1.807, 2.05) is 12.3 Å². The van der Waals surface area contributed by atoms with E-state index in [2.05, 4.69) is 42.3 Å². The van der Waals surface area contributed by atoms with Crippen LogP contribution >= 0.6 is 0 Å². The molecule has 1 rings (SSSR count). The Morgan fingerprint density at radius 3 is 2.86 bits per heavy atom. The lowest BCUT2D eigenvalue weighted by Crippen LogP contribution is -2.35. The molecule has 3 heteroatoms. The van der Waals surface area contributed by atoms with Gasteiger partial charge in [-0.1, -0.05) is 6.07 Å². The zero-order valence-electron chi connectivity index (χ0n) is 9.20. The van der Waals surface area contributed by atoms with Crippen molar-refractivity contribution >= 4 is 0 Å². The zero-order chi connectivity index (χ0) is 10.4. The van der Waals surface area contributed by atoms with Gasteiger partial charge in [-0.25, -0.2) is 0 Å². The Hall–Kier alpha value is -0.930. The SMILES string of the molecule is CC(CNCc1cccnc1)N(C)C. The summed E-state index contributed by atoms with van der Waals surface area (Å²) < 4.78 is 0. The lowest BCUT2D eigenvalue weighted by Gasteiger charge is -2.19. The normalized spacial score (nSPS) is 13.1. The fourth-order valence-electron chi connectivity index (χ4n) is 1.11. The number of hydrogen-bond donors (Lipinski definition) is 1. The third-order valence-corrected chi connectivity index (χ3v) is 2.37. The first-order valence-corrected chi connectivity index (χ1v) is 4.96. The van der Waals surface area contributed by atoms with Crippen LogP contribution in [0, 0.1) is 0 Å². The fourth-order valence-corrected chi connectivity index (χ4v) is 1.11. The first kappa shape index (κ1) is 11.1. The second kappa shape index (κ2) is 5.73. The summed E-state index contributed by atoms with van der Waals surface area (Å²) in [6.45, 7) is 4.10. The van der Waals surface area contributed by atoms with Gasteiger partial charge in [0.1, 0.15) is 0 Å². The molecule has 1 atom stereocenters. The van der Waals surface area contributed by atoms with Crippen molar-refractivity contribution in [2.24, 2.45) is 0 Å². The molecule has 1 N–H and O–H groups in total. The summed E-state index contributed by atoms with van der Waals surface area (Å²) in [4.78, 5) is 6.27. The van der Waals surface area contributed by atoms with Crippen LogP contribution in [0.4, 0.5) is 0 Å². The van der Waals surface area contributed by atoms with Gasteiger partial charge in [0.15, 0.2) is 0 Å². The molecule has 0 amide bonds. The predicted octanol–water partition coefficient (Wildman–Crippen LogP) is 1.12. The highest BCUT2D eigenvalue weighted by atomic mass is 15.1. The minimum atomic E-state index is 0.562. The molecule has 0 saturated carbocycles. The fraction of sp³-hybridized carbons (Fsp3) is 0.545. The Morgan fingerprint density at radius 1 is 1.50 bits per heavy atom. The maximum Gasteiger partial charge on any atom is 0.0312 e. The molecule has 1 heterocycles. The maximum absolute atomic E-state index is 4.07. The molecule has 3 nitrogen and oxygen atoms in total. The van der Waals surface area contributed by atoms with Crippen LogP contribution in [-0.2, 0) is 6.54 Å². The lowest BCUT2D eigenvalue weighted by molar-refractivity contribution is 0.302. The summed E-state index contributed by atoms with van der Waals surface area (Å²) in [5.41, 5.74) is 1.23. The summed E-state index contributed by atoms with van der Waals surface area (Å²) in [5.74, 6) is 0. The maximum atomic E-state index is 4.07. The molecule has 0 fully saturated rings. The molecule has 0 radical (unpaired) electrons. The van der Waals surface area contributed by atoms with Gasteiger partial charge in [0.05, 0.1) is 0 Å². The number of nitrogens with zero attached hydrogens (tertiary/aromatic N) is 2. The number of likely N-dealkylation sites (N-methyl/N-ethyl adjacent to an activating group) is 1. The molecule has 14 heavy (non-hydrogen) atoms. The van der Waals surface area contributed by atoms with Gasteiger partial charge in [-0.15, -0.1) is 0 Å². The van der Waals surface area contributed by atoms with E-state index in [0.29, 0.717) is 6.04 Å². The van der Waals surface area contributed by atoms with Gasteiger partial charge in [0, 0.05) is 31.5 Å². The first-order valence-electron chi connectivity index (χ1n) is 4.96. The van der Waals surface area contributed by atoms with Crippen molar-refractivity contribution in [1.29, 1.82) is 0 Å². The van der Waals surface area contributed by atoms with Crippen molar-refractivity contribution in [2.75, 3.05) is 20.6 Å². The van der Waals surface area contributed by atoms with Crippen molar-refractivity contribution < 1.29 is 0 Å². The molecule has 1 aromatic rings. The van der Waals surface area contributed by atoms with Crippen LogP contribution in [0.5, 0.6) is 0 Å². The van der Waals surface area contributed by atoms with Gasteiger partial charge in [-0.05, 0) is 32.6 Å². The summed E-state index contributed by atoms with van der Waals surface area (Å²) in [6.07, 6.45) is 3.69. The Labute approximate surface area is 86.2 Å². The molecule has 0 aromatic carbocycles. The standard InChI is InChI=1S/C11H19N3/c1-10(14(2)3)7-13-9-11-5-4-6-12-8-11/h4-6,8,10,13H,7,9H2,1-3H3. The van der Waals surface area contributed by atoms with Crippen LogP contribution in [0.15, 0.2) is 24.5 Å². The van der Waals surface area contributed by atoms with E-state index in [-0.39, 0.29) is 0 Å². The van der Waals surface area contributed by atoms with Crippen LogP contribution in [0.2, 0.25) is 0 Å². The van der Waals surface area contributed by atoms with Crippen molar-refractivity contribution in [3.8, 4) is 0 Å². The number of hydrogen-bond acceptors (Lipinski definition) is 3. The Balaban J connectivity index is 2.22. The Bertz CT molecular complexity index is 246. The molecule has 78 valence electrons. The van der Waals surface area contributed by atoms with Crippen LogP contribution in [0.1, 0.15) is 12.5 Å². The van der Waals surface area contributed by atoms with Crippen LogP contribution < -0.4 is 5.32 Å². The number of aromatic nitrogens is 1. The highest BCUT2D eigenvalue weighted by Crippen LogP contribution is 1.95. The number of rotatable bonds is 5. The molecule has 1 aromatic heterocycles. The topological polar surface area (TPSA) is 28.2 Å². The van der Waals surface area contributed by atoms with E-state index in [9.17, 15) is 0 Å². The van der Waals surface area contributed by atoms with Gasteiger partial charge in [0.2, 0.25) is 0 Å². The second-order valence-corrected chi connectivity index (χ2v) is 3.80. The van der Waals surface area contributed by atoms with E-state index >= 15 is 0 Å². The minimum absolute atomic E-state index is 0.562. The van der Waals surface area contributed by atoms with E-state index in [1.165, 1.54) is 5.56 Å². The largest absolute Gasteiger partial charge is 0.311 e. The quantitative estimate of drug-likeness (QED) is 0.759. The van der Waals surface area contributed by atoms with Crippen molar-refractivity contribution in [3.63, 3.8) is 0 Å². The average molecular weight is 193 g/mol. The van der Waals surface area contributed by atoms with Gasteiger partial charge < -0.3 is 10.2 Å². The smallest absolute Gasteiger partial charge is 0.0312 e. The minimum Gasteiger partial charge on any atom is -0.311 e. The highest BCUT2D eigenvalue weighted by molar-refractivity contribution is 5.07. The van der Waals surface area contributed by atoms with Crippen LogP contribution in [0.3, 0.4) is 0 Å². The van der Waals surface area contributed by atoms with E-state index in [0.717, 1.165) is 13.1 Å². The van der Waals surface area contributed by atoms with Crippen LogP contribution in [-0.4, -0.2) is 36.6 Å². The molecular formula is C11H19N3. The molecule has 0 bridgehead atoms. The molecule has 0 aliphatic carbocycles. The van der Waals surface area contributed by atoms with Crippen molar-refractivity contribution in [1.82, 2.24) is 15.2 Å². The molecule has 1 unspecified atom stereocenters. The monoisotopic (exact) mass is 193 g/mol. The Kier molecular flexibility index (Phi) is 4.56. The summed E-state index contributed by atoms with van der Waals surface area (Å²) in [5, 5.41) is 3.40. The van der Waals surface area contributed by atoms with E-state index in [1.54, 1.807) is 6.20 Å². The van der Waals surface area contributed by atoms with E-state index < -0.39 is 0 Å². The summed E-state index contributed by atoms with van der Waals surface area (Å²) in [6, 6.07) is 4.61. The third-order valence-electron chi connectivity index (χ3n) is 2.37. The van der Waals surface area contributed by atoms with Crippen LogP contribution in [0.25, 0.3) is 0 Å². The molecule has 0 aliphatic heterocycles. The van der Waals surface area contributed by atoms with E-state index in [4.69, 9.17) is 0 Å². The zero-order valence-corrected chi connectivity index (χ0v) is 9.20. The third kappa shape index (κ3) is 3.85. The van der Waals surface area contributed by atoms with Crippen molar-refractivity contribution in [2.45, 2.75) is 19.5 Å². The van der Waals surface area contributed by atoms with Gasteiger partial charge >= 0.3 is 0 Å². The molecule has 0 saturated heterocycles. The average Bonchev–Trinajstić information content (AvgIpc) is 2.19. The summed E-state index contributed by atoms with van der Waals surface area (Å²) in [7, 11) is 4.19. The Morgan fingerprint density at radius 2 is 2.29 bits per heavy atom. The van der Waals surface area contributed by atoms with Gasteiger partial charge in [0.25, 0.3) is 0 Å². The van der Waals surface area contributed by atoms with Gasteiger partial charge in [-0.2, -0.15) is 0 Å². The number of nitrogens with one attached hydrogen (secondary N) is 1. The summed E-state index contributed by atoms with van der Waals surface area (Å²) >= 11 is 0. The van der Waals surface area contributed by atoms with Crippen molar-refractivity contribution in [3.05, 3.63) is 30.1 Å². The predicted molar refractivity (Wildman–Crippen MR) is 59.1 cm³/mol. The lowest BCUT2D eigenvalue weighted by atomic mass is 10.2.